The van der Waals surface area contributed by atoms with Gasteiger partial charge in [-0.25, -0.2) is 13.8 Å². The van der Waals surface area contributed by atoms with E-state index in [1.807, 2.05) is 4.90 Å². The van der Waals surface area contributed by atoms with Gasteiger partial charge in [0.05, 0.1) is 16.8 Å². The van der Waals surface area contributed by atoms with Crippen molar-refractivity contribution in [3.05, 3.63) is 54.1 Å². The largest absolute Gasteiger partial charge is 0.326 e. The fraction of sp³-hybridized carbons (Fsp3) is 0.286. The number of likely N-dealkylation sites (tertiary alicyclic amines) is 1. The van der Waals surface area contributed by atoms with Crippen LogP contribution < -0.4 is 10.6 Å². The number of rotatable bonds is 5. The van der Waals surface area contributed by atoms with Crippen molar-refractivity contribution in [1.82, 2.24) is 9.88 Å². The van der Waals surface area contributed by atoms with Crippen molar-refractivity contribution < 1.29 is 18.4 Å². The Bertz CT molecular complexity index is 1080. The number of piperidine rings is 1. The second-order valence-electron chi connectivity index (χ2n) is 7.23. The highest BCUT2D eigenvalue weighted by molar-refractivity contribution is 7.22. The van der Waals surface area contributed by atoms with Gasteiger partial charge in [0, 0.05) is 11.6 Å². The molecule has 2 aromatic carbocycles. The van der Waals surface area contributed by atoms with Gasteiger partial charge in [0.15, 0.2) is 5.13 Å². The highest BCUT2D eigenvalue weighted by Crippen LogP contribution is 2.26. The molecule has 1 fully saturated rings. The molecule has 0 atom stereocenters. The van der Waals surface area contributed by atoms with Gasteiger partial charge in [0.2, 0.25) is 11.8 Å². The summed E-state index contributed by atoms with van der Waals surface area (Å²) in [6.45, 7) is 1.42. The molecule has 0 unspecified atom stereocenters. The molecule has 0 spiro atoms. The molecule has 6 nitrogen and oxygen atoms in total. The number of thiazole rings is 1. The Morgan fingerprint density at radius 3 is 2.60 bits per heavy atom. The Morgan fingerprint density at radius 2 is 1.83 bits per heavy atom. The molecule has 3 aromatic rings. The number of carbonyl (C=O) groups is 2. The molecular weight excluding hydrogens is 410 g/mol. The zero-order chi connectivity index (χ0) is 21.1. The maximum atomic E-state index is 13.3. The Labute approximate surface area is 175 Å². The molecule has 0 radical (unpaired) electrons. The molecule has 1 aliphatic rings. The van der Waals surface area contributed by atoms with E-state index in [1.54, 1.807) is 18.2 Å². The van der Waals surface area contributed by atoms with Crippen molar-refractivity contribution >= 4 is 44.2 Å². The molecule has 2 amide bonds. The van der Waals surface area contributed by atoms with Crippen molar-refractivity contribution in [1.29, 1.82) is 0 Å². The number of halogens is 2. The van der Waals surface area contributed by atoms with Gasteiger partial charge in [-0.1, -0.05) is 17.4 Å². The minimum absolute atomic E-state index is 0.133. The van der Waals surface area contributed by atoms with Crippen LogP contribution in [0.25, 0.3) is 10.2 Å². The van der Waals surface area contributed by atoms with E-state index in [2.05, 4.69) is 15.6 Å². The number of hydrogen-bond acceptors (Lipinski definition) is 5. The van der Waals surface area contributed by atoms with Crippen LogP contribution in [0.4, 0.5) is 19.6 Å². The van der Waals surface area contributed by atoms with Crippen molar-refractivity contribution in [2.75, 3.05) is 30.3 Å². The molecule has 1 aliphatic heterocycles. The standard InChI is InChI=1S/C21H20F2N4O2S/c22-14-2-1-3-16(10-14)24-20(29)13-6-8-27(9-7-13)12-19(28)26-21-25-17-5-4-15(23)11-18(17)30-21/h1-5,10-11,13H,6-9,12H2,(H,24,29)(H,25,26,28). The number of aromatic nitrogens is 1. The number of carbonyl (C=O) groups excluding carboxylic acids is 2. The minimum atomic E-state index is -0.396. The SMILES string of the molecule is O=C(CN1CCC(C(=O)Nc2cccc(F)c2)CC1)Nc1nc2ccc(F)cc2s1. The molecule has 1 saturated heterocycles. The number of fused-ring (bicyclic) bond motifs is 1. The number of benzene rings is 2. The molecule has 9 heteroatoms. The van der Waals surface area contributed by atoms with Crippen molar-refractivity contribution in [2.45, 2.75) is 12.8 Å². The van der Waals surface area contributed by atoms with Gasteiger partial charge >= 0.3 is 0 Å². The van der Waals surface area contributed by atoms with E-state index in [0.717, 1.165) is 0 Å². The third-order valence-electron chi connectivity index (χ3n) is 5.01. The summed E-state index contributed by atoms with van der Waals surface area (Å²) >= 11 is 1.23. The van der Waals surface area contributed by atoms with Crippen molar-refractivity contribution in [2.24, 2.45) is 5.92 Å². The van der Waals surface area contributed by atoms with Crippen molar-refractivity contribution in [3.8, 4) is 0 Å². The van der Waals surface area contributed by atoms with Gasteiger partial charge in [-0.3, -0.25) is 14.5 Å². The molecule has 30 heavy (non-hydrogen) atoms. The van der Waals surface area contributed by atoms with Crippen LogP contribution in [0.1, 0.15) is 12.8 Å². The van der Waals surface area contributed by atoms with Gasteiger partial charge in [-0.2, -0.15) is 0 Å². The predicted octanol–water partition coefficient (Wildman–Crippen LogP) is 3.86. The zero-order valence-electron chi connectivity index (χ0n) is 16.0. The van der Waals surface area contributed by atoms with Crippen LogP contribution in [0, 0.1) is 17.6 Å². The summed E-state index contributed by atoms with van der Waals surface area (Å²) in [6.07, 6.45) is 1.24. The van der Waals surface area contributed by atoms with Crippen LogP contribution in [0.3, 0.4) is 0 Å². The van der Waals surface area contributed by atoms with E-state index < -0.39 is 5.82 Å². The number of amides is 2. The molecule has 4 rings (SSSR count). The fourth-order valence-corrected chi connectivity index (χ4v) is 4.38. The van der Waals surface area contributed by atoms with E-state index in [0.29, 0.717) is 47.0 Å². The molecular formula is C21H20F2N4O2S. The van der Waals surface area contributed by atoms with Gasteiger partial charge in [0.1, 0.15) is 11.6 Å². The Hall–Kier alpha value is -2.91. The lowest BCUT2D eigenvalue weighted by molar-refractivity contribution is -0.121. The summed E-state index contributed by atoms with van der Waals surface area (Å²) in [5.74, 6) is -1.24. The van der Waals surface area contributed by atoms with Gasteiger partial charge in [-0.05, 0) is 62.3 Å². The van der Waals surface area contributed by atoms with E-state index >= 15 is 0 Å². The average molecular weight is 430 g/mol. The Balaban J connectivity index is 1.25. The predicted molar refractivity (Wildman–Crippen MR) is 112 cm³/mol. The smallest absolute Gasteiger partial charge is 0.240 e. The molecule has 156 valence electrons. The Kier molecular flexibility index (Phi) is 6.01. The highest BCUT2D eigenvalue weighted by atomic mass is 32.1. The van der Waals surface area contributed by atoms with Crippen LogP contribution in [-0.2, 0) is 9.59 Å². The van der Waals surface area contributed by atoms with Gasteiger partial charge in [-0.15, -0.1) is 0 Å². The van der Waals surface area contributed by atoms with Crippen LogP contribution in [-0.4, -0.2) is 41.3 Å². The normalized spacial score (nSPS) is 15.3. The van der Waals surface area contributed by atoms with Gasteiger partial charge < -0.3 is 10.6 Å². The Morgan fingerprint density at radius 1 is 1.07 bits per heavy atom. The number of hydrogen-bond donors (Lipinski definition) is 2. The van der Waals surface area contributed by atoms with Crippen LogP contribution in [0.2, 0.25) is 0 Å². The fourth-order valence-electron chi connectivity index (χ4n) is 3.48. The molecule has 1 aromatic heterocycles. The maximum absolute atomic E-state index is 13.3. The van der Waals surface area contributed by atoms with E-state index in [-0.39, 0.29) is 30.1 Å². The first kappa shape index (κ1) is 20.4. The first-order valence-electron chi connectivity index (χ1n) is 9.61. The maximum Gasteiger partial charge on any atom is 0.240 e. The summed E-state index contributed by atoms with van der Waals surface area (Å²) in [7, 11) is 0. The average Bonchev–Trinajstić information content (AvgIpc) is 3.09. The summed E-state index contributed by atoms with van der Waals surface area (Å²) in [5.41, 5.74) is 1.08. The molecule has 2 heterocycles. The van der Waals surface area contributed by atoms with E-state index in [9.17, 15) is 18.4 Å². The van der Waals surface area contributed by atoms with Crippen LogP contribution in [0.5, 0.6) is 0 Å². The molecule has 0 aliphatic carbocycles. The third kappa shape index (κ3) is 4.98. The quantitative estimate of drug-likeness (QED) is 0.645. The minimum Gasteiger partial charge on any atom is -0.326 e. The summed E-state index contributed by atoms with van der Waals surface area (Å²) < 4.78 is 27.2. The van der Waals surface area contributed by atoms with E-state index in [1.165, 1.54) is 35.6 Å². The lowest BCUT2D eigenvalue weighted by Gasteiger charge is -2.30. The molecule has 0 bridgehead atoms. The second-order valence-corrected chi connectivity index (χ2v) is 8.26. The highest BCUT2D eigenvalue weighted by Gasteiger charge is 2.26. The lowest BCUT2D eigenvalue weighted by Crippen LogP contribution is -2.41. The lowest BCUT2D eigenvalue weighted by atomic mass is 9.96. The molecule has 2 N–H and O–H groups in total. The number of anilines is 2. The molecule has 0 saturated carbocycles. The first-order chi connectivity index (χ1) is 14.5. The van der Waals surface area contributed by atoms with Crippen molar-refractivity contribution in [3.63, 3.8) is 0 Å². The zero-order valence-corrected chi connectivity index (χ0v) is 16.8. The van der Waals surface area contributed by atoms with E-state index in [4.69, 9.17) is 0 Å². The van der Waals surface area contributed by atoms with Crippen LogP contribution >= 0.6 is 11.3 Å². The van der Waals surface area contributed by atoms with Gasteiger partial charge in [0.25, 0.3) is 0 Å². The first-order valence-corrected chi connectivity index (χ1v) is 10.4. The number of nitrogens with zero attached hydrogens (tertiary/aromatic N) is 2. The summed E-state index contributed by atoms with van der Waals surface area (Å²) in [5, 5.41) is 5.94. The second kappa shape index (κ2) is 8.85. The third-order valence-corrected chi connectivity index (χ3v) is 5.95. The van der Waals surface area contributed by atoms with Crippen LogP contribution in [0.15, 0.2) is 42.5 Å². The summed E-state index contributed by atoms with van der Waals surface area (Å²) in [4.78, 5) is 31.0. The number of nitrogens with one attached hydrogen (secondary N) is 2. The monoisotopic (exact) mass is 430 g/mol. The topological polar surface area (TPSA) is 74.3 Å². The summed E-state index contributed by atoms with van der Waals surface area (Å²) in [6, 6.07) is 10.1.